The molecule has 1 saturated heterocycles. The van der Waals surface area contributed by atoms with Gasteiger partial charge in [0, 0.05) is 19.6 Å². The van der Waals surface area contributed by atoms with Crippen LogP contribution in [0.3, 0.4) is 0 Å². The van der Waals surface area contributed by atoms with E-state index >= 15 is 0 Å². The zero-order valence-electron chi connectivity index (χ0n) is 18.8. The van der Waals surface area contributed by atoms with Gasteiger partial charge in [-0.2, -0.15) is 4.31 Å². The van der Waals surface area contributed by atoms with Crippen LogP contribution in [0.15, 0.2) is 53.4 Å². The van der Waals surface area contributed by atoms with Gasteiger partial charge in [0.2, 0.25) is 10.0 Å². The molecule has 2 atom stereocenters. The van der Waals surface area contributed by atoms with Crippen molar-refractivity contribution < 1.29 is 32.2 Å². The number of hydrogen-bond acceptors (Lipinski definition) is 7. The quantitative estimate of drug-likeness (QED) is 0.580. The Bertz CT molecular complexity index is 1060. The molecule has 1 N–H and O–H groups in total. The van der Waals surface area contributed by atoms with E-state index in [1.165, 1.54) is 28.6 Å². The smallest absolute Gasteiger partial charge is 0.338 e. The topological polar surface area (TPSA) is 111 Å². The molecule has 2 unspecified atom stereocenters. The van der Waals surface area contributed by atoms with Gasteiger partial charge < -0.3 is 19.5 Å². The number of sulfonamides is 1. The van der Waals surface area contributed by atoms with Crippen LogP contribution in [0, 0.1) is 0 Å². The minimum Gasteiger partial charge on any atom is -0.497 e. The first kappa shape index (κ1) is 24.7. The van der Waals surface area contributed by atoms with E-state index in [1.807, 2.05) is 26.0 Å². The van der Waals surface area contributed by atoms with Crippen molar-refractivity contribution in [3.05, 3.63) is 59.7 Å². The summed E-state index contributed by atoms with van der Waals surface area (Å²) >= 11 is 0. The van der Waals surface area contributed by atoms with E-state index in [1.54, 1.807) is 19.2 Å². The van der Waals surface area contributed by atoms with Crippen LogP contribution in [-0.4, -0.2) is 63.6 Å². The van der Waals surface area contributed by atoms with Crippen LogP contribution < -0.4 is 10.1 Å². The zero-order chi connectivity index (χ0) is 24.0. The van der Waals surface area contributed by atoms with E-state index in [4.69, 9.17) is 14.2 Å². The zero-order valence-corrected chi connectivity index (χ0v) is 19.6. The number of carbonyl (C=O) groups is 2. The Morgan fingerprint density at radius 3 is 2.21 bits per heavy atom. The Morgan fingerprint density at radius 2 is 1.64 bits per heavy atom. The largest absolute Gasteiger partial charge is 0.497 e. The average molecular weight is 477 g/mol. The third-order valence-corrected chi connectivity index (χ3v) is 6.94. The number of nitrogens with zero attached hydrogens (tertiary/aromatic N) is 1. The fraction of sp³-hybridized carbons (Fsp3) is 0.391. The highest BCUT2D eigenvalue weighted by Crippen LogP contribution is 2.21. The molecule has 33 heavy (non-hydrogen) atoms. The fourth-order valence-electron chi connectivity index (χ4n) is 3.45. The van der Waals surface area contributed by atoms with Gasteiger partial charge in [-0.05, 0) is 55.8 Å². The SMILES string of the molecule is COc1ccc(CNC(=O)COC(=O)c2ccc(S(=O)(=O)N3CC(C)OC(C)C3)cc2)cc1. The number of hydrogen-bond donors (Lipinski definition) is 1. The standard InChI is InChI=1S/C23H28N2O7S/c1-16-13-25(14-17(2)32-16)33(28,29)21-10-6-19(7-11-21)23(27)31-15-22(26)24-12-18-4-8-20(30-3)9-5-18/h4-11,16-17H,12-15H2,1-3H3,(H,24,26). The molecule has 1 aliphatic rings. The minimum absolute atomic E-state index is 0.0811. The second-order valence-electron chi connectivity index (χ2n) is 7.80. The van der Waals surface area contributed by atoms with Crippen LogP contribution in [-0.2, 0) is 30.8 Å². The molecule has 2 aromatic carbocycles. The van der Waals surface area contributed by atoms with Crippen molar-refractivity contribution in [1.29, 1.82) is 0 Å². The Morgan fingerprint density at radius 1 is 1.03 bits per heavy atom. The van der Waals surface area contributed by atoms with Gasteiger partial charge >= 0.3 is 5.97 Å². The molecule has 1 heterocycles. The first-order valence-electron chi connectivity index (χ1n) is 10.5. The van der Waals surface area contributed by atoms with Crippen molar-refractivity contribution in [3.8, 4) is 5.75 Å². The summed E-state index contributed by atoms with van der Waals surface area (Å²) in [5, 5.41) is 2.66. The number of carbonyl (C=O) groups excluding carboxylic acids is 2. The van der Waals surface area contributed by atoms with Gasteiger partial charge in [0.05, 0.1) is 29.8 Å². The van der Waals surface area contributed by atoms with E-state index in [9.17, 15) is 18.0 Å². The summed E-state index contributed by atoms with van der Waals surface area (Å²) in [5.41, 5.74) is 1.02. The Hall–Kier alpha value is -2.95. The molecule has 0 aromatic heterocycles. The molecule has 10 heteroatoms. The predicted octanol–water partition coefficient (Wildman–Crippen LogP) is 1.97. The van der Waals surface area contributed by atoms with Crippen molar-refractivity contribution in [2.75, 3.05) is 26.8 Å². The summed E-state index contributed by atoms with van der Waals surface area (Å²) in [4.78, 5) is 24.3. The van der Waals surface area contributed by atoms with Gasteiger partial charge in [0.15, 0.2) is 6.61 Å². The number of benzene rings is 2. The van der Waals surface area contributed by atoms with Crippen molar-refractivity contribution >= 4 is 21.9 Å². The Balaban J connectivity index is 1.51. The molecule has 9 nitrogen and oxygen atoms in total. The van der Waals surface area contributed by atoms with Crippen LogP contribution in [0.1, 0.15) is 29.8 Å². The van der Waals surface area contributed by atoms with Crippen LogP contribution in [0.5, 0.6) is 5.75 Å². The van der Waals surface area contributed by atoms with E-state index in [0.29, 0.717) is 5.75 Å². The van der Waals surface area contributed by atoms with Crippen molar-refractivity contribution in [1.82, 2.24) is 9.62 Å². The second-order valence-corrected chi connectivity index (χ2v) is 9.74. The predicted molar refractivity (Wildman–Crippen MR) is 120 cm³/mol. The number of morpholine rings is 1. The lowest BCUT2D eigenvalue weighted by molar-refractivity contribution is -0.124. The van der Waals surface area contributed by atoms with E-state index < -0.39 is 28.5 Å². The molecule has 1 aliphatic heterocycles. The normalized spacial score (nSPS) is 19.0. The summed E-state index contributed by atoms with van der Waals surface area (Å²) in [6.45, 7) is 4.02. The Labute approximate surface area is 193 Å². The van der Waals surface area contributed by atoms with Gasteiger partial charge in [0.25, 0.3) is 5.91 Å². The molecule has 0 bridgehead atoms. The van der Waals surface area contributed by atoms with E-state index in [-0.39, 0.29) is 42.3 Å². The van der Waals surface area contributed by atoms with Crippen molar-refractivity contribution in [3.63, 3.8) is 0 Å². The summed E-state index contributed by atoms with van der Waals surface area (Å²) in [5.74, 6) is -0.451. The van der Waals surface area contributed by atoms with Gasteiger partial charge in [-0.1, -0.05) is 12.1 Å². The first-order chi connectivity index (χ1) is 15.7. The number of esters is 1. The summed E-state index contributed by atoms with van der Waals surface area (Å²) in [6, 6.07) is 12.7. The van der Waals surface area contributed by atoms with Crippen LogP contribution in [0.2, 0.25) is 0 Å². The lowest BCUT2D eigenvalue weighted by Gasteiger charge is -2.34. The molecule has 1 amide bonds. The summed E-state index contributed by atoms with van der Waals surface area (Å²) < 4.78 is 42.9. The maximum absolute atomic E-state index is 12.9. The maximum Gasteiger partial charge on any atom is 0.338 e. The number of nitrogens with one attached hydrogen (secondary N) is 1. The Kier molecular flexibility index (Phi) is 8.06. The molecule has 0 spiro atoms. The molecule has 2 aromatic rings. The molecule has 0 aliphatic carbocycles. The number of methoxy groups -OCH3 is 1. The maximum atomic E-state index is 12.9. The molecule has 3 rings (SSSR count). The average Bonchev–Trinajstić information content (AvgIpc) is 2.81. The van der Waals surface area contributed by atoms with Gasteiger partial charge in [-0.25, -0.2) is 13.2 Å². The summed E-state index contributed by atoms with van der Waals surface area (Å²) in [6.07, 6.45) is -0.401. The fourth-order valence-corrected chi connectivity index (χ4v) is 5.04. The number of amides is 1. The summed E-state index contributed by atoms with van der Waals surface area (Å²) in [7, 11) is -2.13. The lowest BCUT2D eigenvalue weighted by Crippen LogP contribution is -2.48. The molecule has 0 saturated carbocycles. The molecular formula is C23H28N2O7S. The van der Waals surface area contributed by atoms with Crippen molar-refractivity contribution in [2.24, 2.45) is 0 Å². The molecular weight excluding hydrogens is 448 g/mol. The third-order valence-electron chi connectivity index (χ3n) is 5.10. The first-order valence-corrected chi connectivity index (χ1v) is 12.0. The third kappa shape index (κ3) is 6.53. The lowest BCUT2D eigenvalue weighted by atomic mass is 10.2. The minimum atomic E-state index is -3.71. The van der Waals surface area contributed by atoms with Gasteiger partial charge in [-0.15, -0.1) is 0 Å². The van der Waals surface area contributed by atoms with Crippen LogP contribution in [0.25, 0.3) is 0 Å². The monoisotopic (exact) mass is 476 g/mol. The highest BCUT2D eigenvalue weighted by atomic mass is 32.2. The molecule has 178 valence electrons. The van der Waals surface area contributed by atoms with E-state index in [0.717, 1.165) is 5.56 Å². The van der Waals surface area contributed by atoms with Crippen LogP contribution in [0.4, 0.5) is 0 Å². The van der Waals surface area contributed by atoms with Gasteiger partial charge in [0.1, 0.15) is 5.75 Å². The van der Waals surface area contributed by atoms with Crippen molar-refractivity contribution in [2.45, 2.75) is 37.5 Å². The van der Waals surface area contributed by atoms with Crippen LogP contribution >= 0.6 is 0 Å². The highest BCUT2D eigenvalue weighted by molar-refractivity contribution is 7.89. The number of ether oxygens (including phenoxy) is 3. The second kappa shape index (κ2) is 10.8. The molecule has 1 fully saturated rings. The molecule has 0 radical (unpaired) electrons. The highest BCUT2D eigenvalue weighted by Gasteiger charge is 2.32. The number of rotatable bonds is 8. The van der Waals surface area contributed by atoms with E-state index in [2.05, 4.69) is 5.32 Å². The van der Waals surface area contributed by atoms with Gasteiger partial charge in [-0.3, -0.25) is 4.79 Å².